The quantitative estimate of drug-likeness (QED) is 0.842. The van der Waals surface area contributed by atoms with E-state index in [4.69, 9.17) is 5.73 Å². The first-order chi connectivity index (χ1) is 9.77. The summed E-state index contributed by atoms with van der Waals surface area (Å²) in [5.41, 5.74) is 4.38. The molecule has 1 aliphatic rings. The lowest BCUT2D eigenvalue weighted by atomic mass is 10.00. The van der Waals surface area contributed by atoms with Gasteiger partial charge in [0.1, 0.15) is 5.82 Å². The van der Waals surface area contributed by atoms with Gasteiger partial charge in [0, 0.05) is 18.2 Å². The van der Waals surface area contributed by atoms with Crippen molar-refractivity contribution >= 4 is 11.6 Å². The number of hydrogen-bond acceptors (Lipinski definition) is 2. The second-order valence-corrected chi connectivity index (χ2v) is 5.30. The molecular weight excluding hydrogens is 288 g/mol. The number of benzene rings is 1. The van der Waals surface area contributed by atoms with Gasteiger partial charge in [-0.1, -0.05) is 6.42 Å². The smallest absolute Gasteiger partial charge is 0.327 e. The number of rotatable bonds is 3. The van der Waals surface area contributed by atoms with Crippen molar-refractivity contribution in [2.75, 3.05) is 5.32 Å². The van der Waals surface area contributed by atoms with Crippen LogP contribution in [-0.4, -0.2) is 11.9 Å². The number of alkyl halides is 3. The second kappa shape index (κ2) is 6.01. The van der Waals surface area contributed by atoms with Crippen molar-refractivity contribution in [3.05, 3.63) is 29.6 Å². The van der Waals surface area contributed by atoms with E-state index in [1.165, 1.54) is 0 Å². The van der Waals surface area contributed by atoms with E-state index in [1.54, 1.807) is 0 Å². The molecule has 1 aliphatic carbocycles. The number of amides is 1. The standard InChI is InChI=1S/C14H16F4N2O/c15-11-5-4-9(7-10(11)14(16,17)18)20-13(21)6-8-2-1-3-12(8)19/h4-5,7-8,12H,1-3,6,19H2,(H,20,21)/t8-,12+/m0/s1. The minimum atomic E-state index is -4.79. The molecule has 7 heteroatoms. The van der Waals surface area contributed by atoms with Gasteiger partial charge < -0.3 is 11.1 Å². The second-order valence-electron chi connectivity index (χ2n) is 5.30. The molecule has 3 N–H and O–H groups in total. The Morgan fingerprint density at radius 2 is 2.05 bits per heavy atom. The molecule has 0 aliphatic heterocycles. The first-order valence-electron chi connectivity index (χ1n) is 6.69. The maximum atomic E-state index is 13.1. The van der Waals surface area contributed by atoms with Crippen LogP contribution in [0.3, 0.4) is 0 Å². The molecule has 116 valence electrons. The lowest BCUT2D eigenvalue weighted by Gasteiger charge is -2.15. The summed E-state index contributed by atoms with van der Waals surface area (Å²) in [5.74, 6) is -1.72. The molecule has 1 amide bonds. The first kappa shape index (κ1) is 15.8. The zero-order chi connectivity index (χ0) is 15.6. The molecule has 1 aromatic carbocycles. The van der Waals surface area contributed by atoms with Crippen LogP contribution in [0.5, 0.6) is 0 Å². The number of anilines is 1. The van der Waals surface area contributed by atoms with Gasteiger partial charge in [0.05, 0.1) is 5.56 Å². The van der Waals surface area contributed by atoms with Crippen molar-refractivity contribution in [3.63, 3.8) is 0 Å². The Hall–Kier alpha value is -1.63. The van der Waals surface area contributed by atoms with Gasteiger partial charge in [-0.15, -0.1) is 0 Å². The van der Waals surface area contributed by atoms with Crippen LogP contribution in [0.25, 0.3) is 0 Å². The van der Waals surface area contributed by atoms with Crippen LogP contribution in [0.2, 0.25) is 0 Å². The number of hydrogen-bond donors (Lipinski definition) is 2. The molecule has 1 fully saturated rings. The van der Waals surface area contributed by atoms with Crippen molar-refractivity contribution in [2.24, 2.45) is 11.7 Å². The van der Waals surface area contributed by atoms with Crippen LogP contribution >= 0.6 is 0 Å². The maximum absolute atomic E-state index is 13.1. The number of carbonyl (C=O) groups is 1. The summed E-state index contributed by atoms with van der Waals surface area (Å²) in [6.45, 7) is 0. The Labute approximate surface area is 119 Å². The van der Waals surface area contributed by atoms with Crippen molar-refractivity contribution in [1.82, 2.24) is 0 Å². The van der Waals surface area contributed by atoms with E-state index < -0.39 is 23.5 Å². The van der Waals surface area contributed by atoms with Crippen molar-refractivity contribution in [3.8, 4) is 0 Å². The van der Waals surface area contributed by atoms with Gasteiger partial charge in [0.25, 0.3) is 0 Å². The third-order valence-electron chi connectivity index (χ3n) is 3.72. The molecule has 3 nitrogen and oxygen atoms in total. The van der Waals surface area contributed by atoms with Crippen LogP contribution in [-0.2, 0) is 11.0 Å². The van der Waals surface area contributed by atoms with Crippen LogP contribution in [0.4, 0.5) is 23.2 Å². The fourth-order valence-corrected chi connectivity index (χ4v) is 2.59. The Bertz CT molecular complexity index is 530. The van der Waals surface area contributed by atoms with E-state index in [0.717, 1.165) is 25.3 Å². The molecule has 0 unspecified atom stereocenters. The highest BCUT2D eigenvalue weighted by molar-refractivity contribution is 5.91. The van der Waals surface area contributed by atoms with E-state index in [9.17, 15) is 22.4 Å². The highest BCUT2D eigenvalue weighted by atomic mass is 19.4. The molecule has 2 atom stereocenters. The summed E-state index contributed by atoms with van der Waals surface area (Å²) in [6, 6.07) is 2.35. The number of halogens is 4. The van der Waals surface area contributed by atoms with Crippen molar-refractivity contribution in [1.29, 1.82) is 0 Å². The summed E-state index contributed by atoms with van der Waals surface area (Å²) in [5, 5.41) is 2.37. The predicted octanol–water partition coefficient (Wildman–Crippen LogP) is 3.30. The zero-order valence-electron chi connectivity index (χ0n) is 11.2. The normalized spacial score (nSPS) is 22.3. The fourth-order valence-electron chi connectivity index (χ4n) is 2.59. The Kier molecular flexibility index (Phi) is 4.51. The number of nitrogens with one attached hydrogen (secondary N) is 1. The van der Waals surface area contributed by atoms with Crippen LogP contribution in [0, 0.1) is 11.7 Å². The molecule has 0 saturated heterocycles. The topological polar surface area (TPSA) is 55.1 Å². The van der Waals surface area contributed by atoms with E-state index in [0.29, 0.717) is 12.1 Å². The van der Waals surface area contributed by atoms with Crippen LogP contribution < -0.4 is 11.1 Å². The van der Waals surface area contributed by atoms with Crippen LogP contribution in [0.15, 0.2) is 18.2 Å². The lowest BCUT2D eigenvalue weighted by molar-refractivity contribution is -0.140. The Morgan fingerprint density at radius 3 is 2.62 bits per heavy atom. The van der Waals surface area contributed by atoms with Gasteiger partial charge in [-0.2, -0.15) is 13.2 Å². The lowest BCUT2D eigenvalue weighted by Crippen LogP contribution is -2.28. The summed E-state index contributed by atoms with van der Waals surface area (Å²) in [4.78, 5) is 11.8. The van der Waals surface area contributed by atoms with Crippen molar-refractivity contribution < 1.29 is 22.4 Å². The van der Waals surface area contributed by atoms with Crippen LogP contribution in [0.1, 0.15) is 31.2 Å². The van der Waals surface area contributed by atoms with Gasteiger partial charge in [-0.3, -0.25) is 4.79 Å². The minimum Gasteiger partial charge on any atom is -0.327 e. The largest absolute Gasteiger partial charge is 0.419 e. The SMILES string of the molecule is N[C@@H]1CCC[C@H]1CC(=O)Nc1ccc(F)c(C(F)(F)F)c1. The van der Waals surface area contributed by atoms with E-state index in [2.05, 4.69) is 5.32 Å². The molecule has 1 aromatic rings. The summed E-state index contributed by atoms with van der Waals surface area (Å²) in [7, 11) is 0. The Balaban J connectivity index is 2.04. The van der Waals surface area contributed by atoms with Crippen molar-refractivity contribution in [2.45, 2.75) is 37.9 Å². The number of nitrogens with two attached hydrogens (primary N) is 1. The third-order valence-corrected chi connectivity index (χ3v) is 3.72. The zero-order valence-corrected chi connectivity index (χ0v) is 11.2. The van der Waals surface area contributed by atoms with Gasteiger partial charge in [-0.25, -0.2) is 4.39 Å². The average molecular weight is 304 g/mol. The highest BCUT2D eigenvalue weighted by Crippen LogP contribution is 2.33. The molecule has 0 aromatic heterocycles. The van der Waals surface area contributed by atoms with Gasteiger partial charge in [0.15, 0.2) is 0 Å². The fraction of sp³-hybridized carbons (Fsp3) is 0.500. The highest BCUT2D eigenvalue weighted by Gasteiger charge is 2.34. The molecule has 0 spiro atoms. The first-order valence-corrected chi connectivity index (χ1v) is 6.69. The Morgan fingerprint density at radius 1 is 1.33 bits per heavy atom. The molecule has 0 radical (unpaired) electrons. The predicted molar refractivity (Wildman–Crippen MR) is 70.0 cm³/mol. The summed E-state index contributed by atoms with van der Waals surface area (Å²) in [6.07, 6.45) is -1.98. The van der Waals surface area contributed by atoms with Gasteiger partial charge in [0.2, 0.25) is 5.91 Å². The van der Waals surface area contributed by atoms with Gasteiger partial charge in [-0.05, 0) is 37.0 Å². The monoisotopic (exact) mass is 304 g/mol. The van der Waals surface area contributed by atoms with E-state index in [-0.39, 0.29) is 24.1 Å². The average Bonchev–Trinajstić information content (AvgIpc) is 2.76. The van der Waals surface area contributed by atoms with E-state index >= 15 is 0 Å². The minimum absolute atomic E-state index is 0.0466. The molecule has 0 bridgehead atoms. The maximum Gasteiger partial charge on any atom is 0.419 e. The molecule has 0 heterocycles. The summed E-state index contributed by atoms with van der Waals surface area (Å²) < 4.78 is 50.9. The molecule has 2 rings (SSSR count). The van der Waals surface area contributed by atoms with Gasteiger partial charge >= 0.3 is 6.18 Å². The molecule has 21 heavy (non-hydrogen) atoms. The van der Waals surface area contributed by atoms with E-state index in [1.807, 2.05) is 0 Å². The third kappa shape index (κ3) is 3.93. The number of carbonyl (C=O) groups excluding carboxylic acids is 1. The molecule has 1 saturated carbocycles. The molecular formula is C14H16F4N2O. The summed E-state index contributed by atoms with van der Waals surface area (Å²) >= 11 is 0.